The summed E-state index contributed by atoms with van der Waals surface area (Å²) in [6.07, 6.45) is 0. The van der Waals surface area contributed by atoms with Crippen molar-refractivity contribution in [2.75, 3.05) is 26.2 Å². The van der Waals surface area contributed by atoms with Gasteiger partial charge >= 0.3 is 0 Å². The summed E-state index contributed by atoms with van der Waals surface area (Å²) in [6, 6.07) is 2.11. The number of nitrogens with one attached hydrogen (secondary N) is 1. The lowest BCUT2D eigenvalue weighted by molar-refractivity contribution is 0.182. The van der Waals surface area contributed by atoms with Gasteiger partial charge in [-0.05, 0) is 38.0 Å². The third-order valence-electron chi connectivity index (χ3n) is 3.83. The van der Waals surface area contributed by atoms with Crippen LogP contribution in [0, 0.1) is 13.8 Å². The molecule has 116 valence electrons. The fourth-order valence-electron chi connectivity index (χ4n) is 2.73. The van der Waals surface area contributed by atoms with E-state index in [1.54, 1.807) is 0 Å². The SMILES string of the molecule is Cc1cc(O)c([C@H](C)N2CCNCC2)c(C)c1Br.Cl.Cl. The molecule has 3 nitrogen and oxygen atoms in total. The highest BCUT2D eigenvalue weighted by molar-refractivity contribution is 9.10. The summed E-state index contributed by atoms with van der Waals surface area (Å²) in [5.74, 6) is 0.416. The molecule has 0 radical (unpaired) electrons. The Morgan fingerprint density at radius 2 is 1.80 bits per heavy atom. The van der Waals surface area contributed by atoms with Crippen molar-refractivity contribution in [2.24, 2.45) is 0 Å². The zero-order chi connectivity index (χ0) is 13.3. The van der Waals surface area contributed by atoms with Crippen molar-refractivity contribution < 1.29 is 5.11 Å². The lowest BCUT2D eigenvalue weighted by Crippen LogP contribution is -2.44. The Balaban J connectivity index is 0.00000180. The van der Waals surface area contributed by atoms with Gasteiger partial charge in [-0.2, -0.15) is 0 Å². The zero-order valence-electron chi connectivity index (χ0n) is 12.1. The molecule has 1 heterocycles. The highest BCUT2D eigenvalue weighted by Gasteiger charge is 2.23. The molecule has 1 aromatic rings. The van der Waals surface area contributed by atoms with E-state index in [-0.39, 0.29) is 30.9 Å². The van der Waals surface area contributed by atoms with Gasteiger partial charge in [0.2, 0.25) is 0 Å². The molecule has 0 spiro atoms. The van der Waals surface area contributed by atoms with E-state index in [1.165, 1.54) is 0 Å². The maximum Gasteiger partial charge on any atom is 0.120 e. The molecule has 0 saturated carbocycles. The van der Waals surface area contributed by atoms with E-state index < -0.39 is 0 Å². The third kappa shape index (κ3) is 4.01. The summed E-state index contributed by atoms with van der Waals surface area (Å²) in [5, 5.41) is 13.6. The van der Waals surface area contributed by atoms with Gasteiger partial charge < -0.3 is 10.4 Å². The topological polar surface area (TPSA) is 35.5 Å². The molecule has 0 bridgehead atoms. The van der Waals surface area contributed by atoms with E-state index in [1.807, 2.05) is 13.0 Å². The molecule has 0 aliphatic carbocycles. The van der Waals surface area contributed by atoms with E-state index in [9.17, 15) is 5.11 Å². The van der Waals surface area contributed by atoms with Gasteiger partial charge in [0.1, 0.15) is 5.75 Å². The maximum absolute atomic E-state index is 10.2. The molecule has 0 amide bonds. The first-order valence-electron chi connectivity index (χ1n) is 6.45. The van der Waals surface area contributed by atoms with Crippen LogP contribution in [0.3, 0.4) is 0 Å². The molecule has 0 unspecified atom stereocenters. The Labute approximate surface area is 142 Å². The summed E-state index contributed by atoms with van der Waals surface area (Å²) < 4.78 is 1.11. The lowest BCUT2D eigenvalue weighted by Gasteiger charge is -2.34. The predicted octanol–water partition coefficient (Wildman–Crippen LogP) is 3.58. The molecule has 2 rings (SSSR count). The molecule has 1 aromatic carbocycles. The summed E-state index contributed by atoms with van der Waals surface area (Å²) >= 11 is 3.61. The molecule has 20 heavy (non-hydrogen) atoms. The molecule has 1 fully saturated rings. The largest absolute Gasteiger partial charge is 0.508 e. The Morgan fingerprint density at radius 1 is 1.25 bits per heavy atom. The number of piperazine rings is 1. The van der Waals surface area contributed by atoms with Crippen molar-refractivity contribution in [3.8, 4) is 5.75 Å². The first-order chi connectivity index (χ1) is 8.52. The first kappa shape index (κ1) is 20.0. The number of hydrogen-bond donors (Lipinski definition) is 2. The van der Waals surface area contributed by atoms with Gasteiger partial charge in [0.05, 0.1) is 0 Å². The number of phenolic OH excluding ortho intramolecular Hbond substituents is 1. The van der Waals surface area contributed by atoms with Gasteiger partial charge in [-0.15, -0.1) is 24.8 Å². The van der Waals surface area contributed by atoms with Crippen LogP contribution in [0.5, 0.6) is 5.75 Å². The summed E-state index contributed by atoms with van der Waals surface area (Å²) in [4.78, 5) is 2.42. The van der Waals surface area contributed by atoms with Crippen molar-refractivity contribution in [1.29, 1.82) is 0 Å². The minimum Gasteiger partial charge on any atom is -0.508 e. The average Bonchev–Trinajstić information content (AvgIpc) is 2.37. The van der Waals surface area contributed by atoms with E-state index in [0.29, 0.717) is 5.75 Å². The van der Waals surface area contributed by atoms with Crippen LogP contribution < -0.4 is 5.32 Å². The maximum atomic E-state index is 10.2. The van der Waals surface area contributed by atoms with Crippen molar-refractivity contribution in [1.82, 2.24) is 10.2 Å². The van der Waals surface area contributed by atoms with Crippen LogP contribution in [0.1, 0.15) is 29.7 Å². The fourth-order valence-corrected chi connectivity index (χ4v) is 3.06. The van der Waals surface area contributed by atoms with E-state index in [2.05, 4.69) is 40.0 Å². The molecule has 2 N–H and O–H groups in total. The molecule has 1 atom stereocenters. The third-order valence-corrected chi connectivity index (χ3v) is 5.05. The molecule has 6 heteroatoms. The van der Waals surface area contributed by atoms with E-state index in [0.717, 1.165) is 47.3 Å². The smallest absolute Gasteiger partial charge is 0.120 e. The summed E-state index contributed by atoms with van der Waals surface area (Å²) in [6.45, 7) is 10.4. The second kappa shape index (κ2) is 8.44. The minimum absolute atomic E-state index is 0. The van der Waals surface area contributed by atoms with Gasteiger partial charge in [0, 0.05) is 42.3 Å². The van der Waals surface area contributed by atoms with Crippen LogP contribution in [0.15, 0.2) is 10.5 Å². The van der Waals surface area contributed by atoms with Gasteiger partial charge in [0.15, 0.2) is 0 Å². The zero-order valence-corrected chi connectivity index (χ0v) is 15.3. The van der Waals surface area contributed by atoms with Gasteiger partial charge in [-0.25, -0.2) is 0 Å². The number of aryl methyl sites for hydroxylation is 1. The van der Waals surface area contributed by atoms with Crippen LogP contribution in [0.2, 0.25) is 0 Å². The number of nitrogens with zero attached hydrogens (tertiary/aromatic N) is 1. The molecule has 1 aliphatic heterocycles. The normalized spacial score (nSPS) is 17.0. The van der Waals surface area contributed by atoms with Gasteiger partial charge in [0.25, 0.3) is 0 Å². The Morgan fingerprint density at radius 3 is 2.35 bits per heavy atom. The second-order valence-corrected chi connectivity index (χ2v) is 5.82. The van der Waals surface area contributed by atoms with Crippen molar-refractivity contribution >= 4 is 40.7 Å². The Kier molecular flexibility index (Phi) is 8.44. The van der Waals surface area contributed by atoms with Crippen molar-refractivity contribution in [3.63, 3.8) is 0 Å². The van der Waals surface area contributed by atoms with E-state index in [4.69, 9.17) is 0 Å². The lowest BCUT2D eigenvalue weighted by atomic mass is 9.97. The summed E-state index contributed by atoms with van der Waals surface area (Å²) in [7, 11) is 0. The van der Waals surface area contributed by atoms with Crippen LogP contribution >= 0.6 is 40.7 Å². The van der Waals surface area contributed by atoms with Crippen molar-refractivity contribution in [2.45, 2.75) is 26.8 Å². The number of halogens is 3. The molecule has 1 saturated heterocycles. The summed E-state index contributed by atoms with van der Waals surface area (Å²) in [5.41, 5.74) is 3.29. The van der Waals surface area contributed by atoms with Crippen LogP contribution in [-0.4, -0.2) is 36.2 Å². The molecule has 0 aromatic heterocycles. The van der Waals surface area contributed by atoms with Crippen LogP contribution in [0.4, 0.5) is 0 Å². The predicted molar refractivity (Wildman–Crippen MR) is 92.6 cm³/mol. The standard InChI is InChI=1S/C14H21BrN2O.2ClH/c1-9-8-12(18)13(10(2)14(9)15)11(3)17-6-4-16-5-7-17;;/h8,11,16,18H,4-7H2,1-3H3;2*1H/t11-;;/m0../s1. The first-order valence-corrected chi connectivity index (χ1v) is 7.25. The highest BCUT2D eigenvalue weighted by Crippen LogP contribution is 2.37. The van der Waals surface area contributed by atoms with E-state index >= 15 is 0 Å². The highest BCUT2D eigenvalue weighted by atomic mass is 79.9. The number of rotatable bonds is 2. The average molecular weight is 386 g/mol. The van der Waals surface area contributed by atoms with Crippen LogP contribution in [-0.2, 0) is 0 Å². The molecular formula is C14H23BrCl2N2O. The number of benzene rings is 1. The second-order valence-electron chi connectivity index (χ2n) is 5.03. The van der Waals surface area contributed by atoms with Gasteiger partial charge in [-0.3, -0.25) is 4.90 Å². The molecular weight excluding hydrogens is 363 g/mol. The van der Waals surface area contributed by atoms with Crippen molar-refractivity contribution in [3.05, 3.63) is 27.2 Å². The number of aromatic hydroxyl groups is 1. The Hall–Kier alpha value is -0.000000000000000111. The Bertz CT molecular complexity index is 451. The molecule has 1 aliphatic rings. The fraction of sp³-hybridized carbons (Fsp3) is 0.571. The quantitative estimate of drug-likeness (QED) is 0.816. The number of hydrogen-bond acceptors (Lipinski definition) is 3. The number of phenols is 1. The minimum atomic E-state index is 0. The van der Waals surface area contributed by atoms with Gasteiger partial charge in [-0.1, -0.05) is 15.9 Å². The monoisotopic (exact) mass is 384 g/mol. The van der Waals surface area contributed by atoms with Crippen LogP contribution in [0.25, 0.3) is 0 Å².